The van der Waals surface area contributed by atoms with E-state index in [-0.39, 0.29) is 30.8 Å². The maximum atomic E-state index is 13.4. The molecule has 7 heteroatoms. The minimum Gasteiger partial charge on any atom is -0.310 e. The summed E-state index contributed by atoms with van der Waals surface area (Å²) in [6, 6.07) is 9.43. The number of hydrogen-bond acceptors (Lipinski definition) is 4. The number of carbonyl (C=O) groups is 3. The number of rotatable bonds is 4. The molecule has 0 atom stereocenters. The van der Waals surface area contributed by atoms with Gasteiger partial charge in [0.15, 0.2) is 0 Å². The van der Waals surface area contributed by atoms with Gasteiger partial charge in [0.2, 0.25) is 5.91 Å². The molecule has 158 valence electrons. The summed E-state index contributed by atoms with van der Waals surface area (Å²) in [7, 11) is 0. The van der Waals surface area contributed by atoms with Crippen molar-refractivity contribution in [2.75, 3.05) is 10.2 Å². The second-order valence-electron chi connectivity index (χ2n) is 9.90. The van der Waals surface area contributed by atoms with E-state index in [0.717, 1.165) is 17.0 Å². The number of aromatic nitrogens is 1. The molecule has 0 radical (unpaired) electrons. The van der Waals surface area contributed by atoms with Gasteiger partial charge in [0.25, 0.3) is 5.91 Å². The monoisotopic (exact) mass is 416 g/mol. The van der Waals surface area contributed by atoms with Crippen LogP contribution in [0.1, 0.15) is 49.8 Å². The second-order valence-corrected chi connectivity index (χ2v) is 9.90. The topological polar surface area (TPSA) is 82.6 Å². The number of hydrogen-bond donors (Lipinski definition) is 1. The zero-order valence-corrected chi connectivity index (χ0v) is 17.6. The van der Waals surface area contributed by atoms with Crippen molar-refractivity contribution in [3.05, 3.63) is 53.2 Å². The van der Waals surface area contributed by atoms with Crippen LogP contribution in [0.2, 0.25) is 0 Å². The number of fused-ring (bicyclic) bond motifs is 1. The first-order valence-electron chi connectivity index (χ1n) is 10.8. The first-order chi connectivity index (χ1) is 14.8. The van der Waals surface area contributed by atoms with Crippen molar-refractivity contribution in [3.63, 3.8) is 0 Å². The van der Waals surface area contributed by atoms with E-state index in [4.69, 9.17) is 0 Å². The van der Waals surface area contributed by atoms with Gasteiger partial charge in [-0.25, -0.2) is 14.7 Å². The van der Waals surface area contributed by atoms with Gasteiger partial charge in [-0.15, -0.1) is 0 Å². The van der Waals surface area contributed by atoms with Crippen LogP contribution in [-0.4, -0.2) is 33.3 Å². The fourth-order valence-electron chi connectivity index (χ4n) is 5.62. The van der Waals surface area contributed by atoms with Crippen LogP contribution in [0.5, 0.6) is 0 Å². The van der Waals surface area contributed by atoms with E-state index in [0.29, 0.717) is 16.9 Å². The number of benzene rings is 1. The molecule has 2 aliphatic heterocycles. The largest absolute Gasteiger partial charge is 0.332 e. The maximum absolute atomic E-state index is 13.4. The van der Waals surface area contributed by atoms with E-state index in [1.807, 2.05) is 18.2 Å². The molecule has 7 nitrogen and oxygen atoms in total. The Kier molecular flexibility index (Phi) is 3.55. The average molecular weight is 416 g/mol. The van der Waals surface area contributed by atoms with Crippen LogP contribution in [-0.2, 0) is 28.0 Å². The van der Waals surface area contributed by atoms with Crippen molar-refractivity contribution in [1.29, 1.82) is 0 Å². The summed E-state index contributed by atoms with van der Waals surface area (Å²) >= 11 is 0. The molecule has 3 saturated carbocycles. The van der Waals surface area contributed by atoms with Crippen LogP contribution < -0.4 is 10.2 Å². The number of nitrogens with one attached hydrogen (secondary N) is 1. The standard InChI is InChI=1S/C24H24N4O3/c1-23(2)21(30)28(17-5-3-16(4-6-17)24-10-14(11-24)12-24)22(31)27(23)13-15-7-8-25-20-18(15)9-19(29)26-20/h3-8,14H,9-13H2,1-2H3,(H,25,26,29). The Morgan fingerprint density at radius 3 is 2.42 bits per heavy atom. The van der Waals surface area contributed by atoms with Crippen molar-refractivity contribution < 1.29 is 14.4 Å². The number of anilines is 2. The summed E-state index contributed by atoms with van der Waals surface area (Å²) < 4.78 is 0. The maximum Gasteiger partial charge on any atom is 0.332 e. The molecule has 31 heavy (non-hydrogen) atoms. The van der Waals surface area contributed by atoms with Crippen molar-refractivity contribution in [2.45, 2.75) is 57.0 Å². The van der Waals surface area contributed by atoms with Gasteiger partial charge >= 0.3 is 6.03 Å². The number of urea groups is 1. The predicted octanol–water partition coefficient (Wildman–Crippen LogP) is 3.38. The van der Waals surface area contributed by atoms with Gasteiger partial charge < -0.3 is 10.2 Å². The molecule has 3 aliphatic carbocycles. The summed E-state index contributed by atoms with van der Waals surface area (Å²) in [5.74, 6) is 1.09. The van der Waals surface area contributed by atoms with Crippen LogP contribution in [0.4, 0.5) is 16.3 Å². The SMILES string of the molecule is CC1(C)C(=O)N(c2ccc(C34CC(C3)C4)cc2)C(=O)N1Cc1ccnc2c1CC(=O)N2. The van der Waals surface area contributed by atoms with Crippen molar-refractivity contribution in [2.24, 2.45) is 5.92 Å². The molecule has 7 rings (SSSR count). The van der Waals surface area contributed by atoms with Gasteiger partial charge in [-0.05, 0) is 73.8 Å². The molecule has 3 heterocycles. The Labute approximate surface area is 180 Å². The molecule has 0 spiro atoms. The lowest BCUT2D eigenvalue weighted by atomic mass is 9.42. The first-order valence-corrected chi connectivity index (χ1v) is 10.8. The Morgan fingerprint density at radius 2 is 1.77 bits per heavy atom. The highest BCUT2D eigenvalue weighted by Crippen LogP contribution is 2.65. The highest BCUT2D eigenvalue weighted by Gasteiger charge is 2.57. The molecular formula is C24H24N4O3. The van der Waals surface area contributed by atoms with Crippen molar-refractivity contribution >= 4 is 29.4 Å². The molecule has 0 unspecified atom stereocenters. The smallest absolute Gasteiger partial charge is 0.310 e. The van der Waals surface area contributed by atoms with E-state index in [1.54, 1.807) is 24.9 Å². The molecular weight excluding hydrogens is 392 g/mol. The van der Waals surface area contributed by atoms with Crippen LogP contribution >= 0.6 is 0 Å². The summed E-state index contributed by atoms with van der Waals surface area (Å²) in [4.78, 5) is 45.5. The summed E-state index contributed by atoms with van der Waals surface area (Å²) in [5, 5.41) is 2.74. The van der Waals surface area contributed by atoms with E-state index < -0.39 is 5.54 Å². The Bertz CT molecular complexity index is 1140. The molecule has 4 amide bonds. The highest BCUT2D eigenvalue weighted by atomic mass is 16.2. The Hall–Kier alpha value is -3.22. The van der Waals surface area contributed by atoms with Gasteiger partial charge in [-0.3, -0.25) is 9.59 Å². The van der Waals surface area contributed by atoms with Crippen molar-refractivity contribution in [3.8, 4) is 0 Å². The van der Waals surface area contributed by atoms with E-state index in [9.17, 15) is 14.4 Å². The number of nitrogens with zero attached hydrogens (tertiary/aromatic N) is 3. The lowest BCUT2D eigenvalue weighted by Gasteiger charge is -2.62. The molecule has 1 aromatic heterocycles. The van der Waals surface area contributed by atoms with E-state index in [1.165, 1.54) is 29.7 Å². The van der Waals surface area contributed by atoms with E-state index >= 15 is 0 Å². The van der Waals surface area contributed by atoms with Gasteiger partial charge in [-0.1, -0.05) is 12.1 Å². The molecule has 5 aliphatic rings. The third-order valence-corrected chi connectivity index (χ3v) is 7.68. The highest BCUT2D eigenvalue weighted by molar-refractivity contribution is 6.23. The predicted molar refractivity (Wildman–Crippen MR) is 115 cm³/mol. The van der Waals surface area contributed by atoms with Gasteiger partial charge in [0, 0.05) is 18.3 Å². The minimum atomic E-state index is -0.990. The van der Waals surface area contributed by atoms with Gasteiger partial charge in [0.1, 0.15) is 11.4 Å². The summed E-state index contributed by atoms with van der Waals surface area (Å²) in [6.07, 6.45) is 5.66. The number of carbonyl (C=O) groups excluding carboxylic acids is 3. The number of pyridine rings is 1. The molecule has 1 N–H and O–H groups in total. The quantitative estimate of drug-likeness (QED) is 0.775. The normalized spacial score (nSPS) is 27.7. The third kappa shape index (κ3) is 2.46. The third-order valence-electron chi connectivity index (χ3n) is 7.68. The number of amides is 4. The molecule has 2 bridgehead atoms. The zero-order valence-electron chi connectivity index (χ0n) is 17.6. The fraction of sp³-hybridized carbons (Fsp3) is 0.417. The van der Waals surface area contributed by atoms with Crippen LogP contribution in [0.3, 0.4) is 0 Å². The fourth-order valence-corrected chi connectivity index (χ4v) is 5.62. The van der Waals surface area contributed by atoms with Crippen LogP contribution in [0.25, 0.3) is 0 Å². The summed E-state index contributed by atoms with van der Waals surface area (Å²) in [6.45, 7) is 3.79. The van der Waals surface area contributed by atoms with Crippen LogP contribution in [0, 0.1) is 5.92 Å². The Morgan fingerprint density at radius 1 is 1.06 bits per heavy atom. The molecule has 1 saturated heterocycles. The molecule has 2 aromatic rings. The zero-order chi connectivity index (χ0) is 21.5. The number of imide groups is 1. The molecule has 1 aromatic carbocycles. The molecule has 4 fully saturated rings. The van der Waals surface area contributed by atoms with Crippen LogP contribution in [0.15, 0.2) is 36.5 Å². The first kappa shape index (κ1) is 18.5. The lowest BCUT2D eigenvalue weighted by molar-refractivity contribution is -0.123. The minimum absolute atomic E-state index is 0.108. The second kappa shape index (κ2) is 5.93. The summed E-state index contributed by atoms with van der Waals surface area (Å²) in [5.41, 5.74) is 2.91. The Balaban J connectivity index is 1.29. The lowest BCUT2D eigenvalue weighted by Crippen LogP contribution is -2.55. The average Bonchev–Trinajstić information content (AvgIpc) is 3.12. The van der Waals surface area contributed by atoms with Gasteiger partial charge in [-0.2, -0.15) is 0 Å². The van der Waals surface area contributed by atoms with E-state index in [2.05, 4.69) is 22.4 Å². The van der Waals surface area contributed by atoms with Crippen molar-refractivity contribution in [1.82, 2.24) is 9.88 Å². The van der Waals surface area contributed by atoms with Gasteiger partial charge in [0.05, 0.1) is 12.1 Å².